The topological polar surface area (TPSA) is 62.7 Å². The van der Waals surface area contributed by atoms with E-state index in [0.29, 0.717) is 31.6 Å². The van der Waals surface area contributed by atoms with Crippen LogP contribution in [0.15, 0.2) is 18.2 Å². The van der Waals surface area contributed by atoms with E-state index in [1.807, 2.05) is 42.7 Å². The maximum absolute atomic E-state index is 13.7. The summed E-state index contributed by atoms with van der Waals surface area (Å²) in [6.45, 7) is 7.98. The Morgan fingerprint density at radius 1 is 1.21 bits per heavy atom. The van der Waals surface area contributed by atoms with Crippen LogP contribution in [-0.4, -0.2) is 58.1 Å². The molecule has 3 aliphatic rings. The van der Waals surface area contributed by atoms with Gasteiger partial charge in [-0.15, -0.1) is 0 Å². The van der Waals surface area contributed by atoms with Crippen LogP contribution in [-0.2, 0) is 9.53 Å². The van der Waals surface area contributed by atoms with Gasteiger partial charge < -0.3 is 14.5 Å². The zero-order valence-electron chi connectivity index (χ0n) is 16.6. The van der Waals surface area contributed by atoms with Crippen molar-refractivity contribution in [1.82, 2.24) is 14.8 Å². The predicted molar refractivity (Wildman–Crippen MR) is 105 cm³/mol. The van der Waals surface area contributed by atoms with Crippen LogP contribution < -0.4 is 0 Å². The fraction of sp³-hybridized carbons (Fsp3) is 0.500. The van der Waals surface area contributed by atoms with Crippen molar-refractivity contribution in [2.24, 2.45) is 0 Å². The van der Waals surface area contributed by atoms with Gasteiger partial charge in [0.25, 0.3) is 5.91 Å². The first-order valence-electron chi connectivity index (χ1n) is 10.0. The average molecular weight is 379 g/mol. The van der Waals surface area contributed by atoms with E-state index in [4.69, 9.17) is 4.74 Å². The van der Waals surface area contributed by atoms with Crippen LogP contribution in [0.25, 0.3) is 10.9 Å². The van der Waals surface area contributed by atoms with E-state index in [1.54, 1.807) is 0 Å². The summed E-state index contributed by atoms with van der Waals surface area (Å²) in [6, 6.07) is 5.81. The highest BCUT2D eigenvalue weighted by Crippen LogP contribution is 2.45. The van der Waals surface area contributed by atoms with Crippen LogP contribution in [0.3, 0.4) is 0 Å². The summed E-state index contributed by atoms with van der Waals surface area (Å²) >= 11 is 0. The molecule has 6 heteroatoms. The summed E-state index contributed by atoms with van der Waals surface area (Å²) in [6.07, 6.45) is 1.90. The van der Waals surface area contributed by atoms with Gasteiger partial charge in [-0.1, -0.05) is 11.6 Å². The number of likely N-dealkylation sites (tertiary alicyclic amines) is 1. The molecule has 3 fully saturated rings. The van der Waals surface area contributed by atoms with Gasteiger partial charge in [0.15, 0.2) is 5.72 Å². The van der Waals surface area contributed by atoms with Gasteiger partial charge in [-0.25, -0.2) is 0 Å². The standard InChI is InChI=1S/C22H25N3O3/c1-13-9-14(2)20-16(10-13)17(11-15(3)23-20)21(27)24-7-5-22-18(24)12-19(26)25(22)6-4-8-28-22/h9-11,18H,4-8,12H2,1-3H3/t18-,22+/m1/s1. The van der Waals surface area contributed by atoms with Crippen molar-refractivity contribution in [1.29, 1.82) is 0 Å². The molecule has 1 aromatic heterocycles. The third-order valence-electron chi connectivity index (χ3n) is 6.48. The lowest BCUT2D eigenvalue weighted by Crippen LogP contribution is -2.56. The molecule has 2 atom stereocenters. The molecule has 2 amide bonds. The van der Waals surface area contributed by atoms with Crippen LogP contribution in [0.1, 0.15) is 46.4 Å². The number of carbonyl (C=O) groups is 2. The highest BCUT2D eigenvalue weighted by atomic mass is 16.5. The second kappa shape index (κ2) is 6.01. The van der Waals surface area contributed by atoms with Crippen molar-refractivity contribution in [3.63, 3.8) is 0 Å². The van der Waals surface area contributed by atoms with Crippen molar-refractivity contribution in [3.8, 4) is 0 Å². The Labute approximate surface area is 164 Å². The Morgan fingerprint density at radius 2 is 2.04 bits per heavy atom. The second-order valence-corrected chi connectivity index (χ2v) is 8.35. The van der Waals surface area contributed by atoms with Gasteiger partial charge in [0.05, 0.1) is 30.1 Å². The summed E-state index contributed by atoms with van der Waals surface area (Å²) in [7, 11) is 0. The molecule has 0 N–H and O–H groups in total. The molecule has 146 valence electrons. The number of pyridine rings is 1. The molecule has 28 heavy (non-hydrogen) atoms. The van der Waals surface area contributed by atoms with Gasteiger partial charge in [-0.05, 0) is 44.9 Å². The van der Waals surface area contributed by atoms with Crippen LogP contribution in [0, 0.1) is 20.8 Å². The first-order valence-corrected chi connectivity index (χ1v) is 10.0. The van der Waals surface area contributed by atoms with Crippen molar-refractivity contribution in [2.45, 2.75) is 51.8 Å². The van der Waals surface area contributed by atoms with Crippen LogP contribution >= 0.6 is 0 Å². The number of rotatable bonds is 1. The average Bonchev–Trinajstić information content (AvgIpc) is 3.13. The molecule has 1 aromatic carbocycles. The predicted octanol–water partition coefficient (Wildman–Crippen LogP) is 2.72. The van der Waals surface area contributed by atoms with E-state index < -0.39 is 5.72 Å². The summed E-state index contributed by atoms with van der Waals surface area (Å²) in [5.74, 6) is 0.0795. The first-order chi connectivity index (χ1) is 13.4. The molecular weight excluding hydrogens is 354 g/mol. The third kappa shape index (κ3) is 2.33. The van der Waals surface area contributed by atoms with Gasteiger partial charge >= 0.3 is 0 Å². The van der Waals surface area contributed by atoms with E-state index in [-0.39, 0.29) is 17.9 Å². The molecule has 3 aliphatic heterocycles. The Hall–Kier alpha value is -2.47. The normalized spacial score (nSPS) is 26.7. The Morgan fingerprint density at radius 3 is 2.86 bits per heavy atom. The molecule has 0 aliphatic carbocycles. The number of aromatic nitrogens is 1. The molecule has 2 aromatic rings. The molecule has 6 nitrogen and oxygen atoms in total. The summed E-state index contributed by atoms with van der Waals surface area (Å²) in [5, 5.41) is 0.889. The molecule has 0 bridgehead atoms. The molecular formula is C22H25N3O3. The first kappa shape index (κ1) is 17.6. The zero-order chi connectivity index (χ0) is 19.6. The monoisotopic (exact) mass is 379 g/mol. The number of hydrogen-bond donors (Lipinski definition) is 0. The zero-order valence-corrected chi connectivity index (χ0v) is 16.6. The minimum atomic E-state index is -0.616. The number of hydrogen-bond acceptors (Lipinski definition) is 4. The Bertz CT molecular complexity index is 1020. The van der Waals surface area contributed by atoms with Crippen molar-refractivity contribution < 1.29 is 14.3 Å². The summed E-state index contributed by atoms with van der Waals surface area (Å²) < 4.78 is 6.15. The van der Waals surface area contributed by atoms with Crippen molar-refractivity contribution in [2.75, 3.05) is 19.7 Å². The summed E-state index contributed by atoms with van der Waals surface area (Å²) in [4.78, 5) is 34.7. The van der Waals surface area contributed by atoms with Crippen LogP contribution in [0.5, 0.6) is 0 Å². The highest BCUT2D eigenvalue weighted by Gasteiger charge is 2.61. The quantitative estimate of drug-likeness (QED) is 0.764. The molecule has 1 spiro atoms. The SMILES string of the molecule is Cc1cc(C)c2nc(C)cc(C(=O)N3CC[C@@]45OCCCN4C(=O)C[C@@H]35)c2c1. The number of ether oxygens (including phenoxy) is 1. The maximum atomic E-state index is 13.7. The number of aryl methyl sites for hydroxylation is 3. The lowest BCUT2D eigenvalue weighted by molar-refractivity contribution is -0.179. The van der Waals surface area contributed by atoms with Gasteiger partial charge in [0, 0.05) is 30.6 Å². The van der Waals surface area contributed by atoms with Crippen LogP contribution in [0.2, 0.25) is 0 Å². The molecule has 5 rings (SSSR count). The minimum absolute atomic E-state index is 0.0220. The maximum Gasteiger partial charge on any atom is 0.255 e. The summed E-state index contributed by atoms with van der Waals surface area (Å²) in [5.41, 5.74) is 3.95. The Balaban J connectivity index is 1.59. The highest BCUT2D eigenvalue weighted by molar-refractivity contribution is 6.07. The van der Waals surface area contributed by atoms with Crippen LogP contribution in [0.4, 0.5) is 0 Å². The number of nitrogens with zero attached hydrogens (tertiary/aromatic N) is 3. The van der Waals surface area contributed by atoms with Crippen molar-refractivity contribution >= 4 is 22.7 Å². The van der Waals surface area contributed by atoms with E-state index in [1.165, 1.54) is 0 Å². The van der Waals surface area contributed by atoms with E-state index in [0.717, 1.165) is 40.7 Å². The van der Waals surface area contributed by atoms with Gasteiger partial charge in [0.1, 0.15) is 0 Å². The third-order valence-corrected chi connectivity index (χ3v) is 6.48. The lowest BCUT2D eigenvalue weighted by Gasteiger charge is -2.42. The number of amides is 2. The molecule has 3 saturated heterocycles. The molecule has 0 saturated carbocycles. The van der Waals surface area contributed by atoms with Gasteiger partial charge in [-0.2, -0.15) is 0 Å². The fourth-order valence-electron chi connectivity index (χ4n) is 5.33. The van der Waals surface area contributed by atoms with Gasteiger partial charge in [-0.3, -0.25) is 14.6 Å². The number of carbonyl (C=O) groups excluding carboxylic acids is 2. The van der Waals surface area contributed by atoms with E-state index in [2.05, 4.69) is 11.1 Å². The Kier molecular flexibility index (Phi) is 3.78. The minimum Gasteiger partial charge on any atom is -0.353 e. The number of fused-ring (bicyclic) bond motifs is 1. The number of benzene rings is 1. The molecule has 0 unspecified atom stereocenters. The van der Waals surface area contributed by atoms with Gasteiger partial charge in [0.2, 0.25) is 5.91 Å². The van der Waals surface area contributed by atoms with E-state index in [9.17, 15) is 9.59 Å². The molecule has 4 heterocycles. The largest absolute Gasteiger partial charge is 0.353 e. The lowest BCUT2D eigenvalue weighted by atomic mass is 10.00. The molecule has 0 radical (unpaired) electrons. The second-order valence-electron chi connectivity index (χ2n) is 8.35. The fourth-order valence-corrected chi connectivity index (χ4v) is 5.33. The van der Waals surface area contributed by atoms with E-state index >= 15 is 0 Å². The smallest absolute Gasteiger partial charge is 0.255 e. The van der Waals surface area contributed by atoms with Crippen molar-refractivity contribution in [3.05, 3.63) is 40.6 Å².